The van der Waals surface area contributed by atoms with Crippen molar-refractivity contribution in [1.82, 2.24) is 20.2 Å². The smallest absolute Gasteiger partial charge is 0.325 e. The maximum Gasteiger partial charge on any atom is 0.325 e. The Balaban J connectivity index is 1.68. The lowest BCUT2D eigenvalue weighted by Crippen LogP contribution is -2.32. The molecule has 0 aliphatic heterocycles. The first-order valence-corrected chi connectivity index (χ1v) is 11.9. The van der Waals surface area contributed by atoms with Gasteiger partial charge in [0.2, 0.25) is 5.91 Å². The van der Waals surface area contributed by atoms with Crippen LogP contribution in [0.5, 0.6) is 5.75 Å². The van der Waals surface area contributed by atoms with Crippen LogP contribution in [0, 0.1) is 0 Å². The molecule has 1 aliphatic carbocycles. The van der Waals surface area contributed by atoms with Gasteiger partial charge in [-0.15, -0.1) is 0 Å². The molecule has 37 heavy (non-hydrogen) atoms. The Morgan fingerprint density at radius 2 is 1.84 bits per heavy atom. The fourth-order valence-corrected chi connectivity index (χ4v) is 4.11. The Hall–Kier alpha value is -4.41. The Morgan fingerprint density at radius 1 is 1.11 bits per heavy atom. The maximum atomic E-state index is 12.6. The average Bonchev–Trinajstić information content (AvgIpc) is 3.65. The third-order valence-electron chi connectivity index (χ3n) is 6.10. The summed E-state index contributed by atoms with van der Waals surface area (Å²) in [6.07, 6.45) is 1.79. The number of carboxylic acids is 1. The van der Waals surface area contributed by atoms with Crippen molar-refractivity contribution in [2.24, 2.45) is 0 Å². The molecule has 1 atom stereocenters. The van der Waals surface area contributed by atoms with Crippen LogP contribution in [-0.4, -0.2) is 57.2 Å². The van der Waals surface area contributed by atoms with E-state index in [1.54, 1.807) is 42.5 Å². The highest BCUT2D eigenvalue weighted by Crippen LogP contribution is 2.40. The number of hydrogen-bond acceptors (Lipinski definition) is 7. The molecule has 0 saturated heterocycles. The predicted octanol–water partition coefficient (Wildman–Crippen LogP) is 2.24. The van der Waals surface area contributed by atoms with Crippen LogP contribution in [0.1, 0.15) is 59.5 Å². The summed E-state index contributed by atoms with van der Waals surface area (Å²) in [7, 11) is 1.24. The van der Waals surface area contributed by atoms with Gasteiger partial charge in [-0.2, -0.15) is 0 Å². The first-order valence-electron chi connectivity index (χ1n) is 11.9. The lowest BCUT2D eigenvalue weighted by molar-refractivity contribution is -0.139. The van der Waals surface area contributed by atoms with E-state index in [1.165, 1.54) is 7.11 Å². The SMILES string of the molecule is COC(=O)CNC(=O)c1ccc2c(c1)nc(C(Cc1ccc(O)cc1)NC(=O)CCC(=O)O)n2C1CC1. The molecule has 1 heterocycles. The number of carbonyl (C=O) groups is 4. The van der Waals surface area contributed by atoms with Gasteiger partial charge in [0.05, 0.1) is 30.6 Å². The minimum Gasteiger partial charge on any atom is -0.508 e. The van der Waals surface area contributed by atoms with E-state index >= 15 is 0 Å². The van der Waals surface area contributed by atoms with E-state index in [4.69, 9.17) is 10.1 Å². The van der Waals surface area contributed by atoms with Crippen LogP contribution in [0.15, 0.2) is 42.5 Å². The number of fused-ring (bicyclic) bond motifs is 1. The van der Waals surface area contributed by atoms with Crippen molar-refractivity contribution >= 4 is 34.8 Å². The first kappa shape index (κ1) is 25.7. The fraction of sp³-hybridized carbons (Fsp3) is 0.346. The Kier molecular flexibility index (Phi) is 7.71. The van der Waals surface area contributed by atoms with Crippen LogP contribution in [0.3, 0.4) is 0 Å². The molecule has 1 aliphatic rings. The standard InChI is InChI=1S/C26H28N4O7/c1-37-24(35)14-27-26(36)16-4-9-21-19(13-16)29-25(30(21)17-5-6-17)20(28-22(32)10-11-23(33)34)12-15-2-7-18(31)8-3-15/h2-4,7-9,13,17,20,31H,5-6,10-12,14H2,1H3,(H,27,36)(H,28,32)(H,33,34). The van der Waals surface area contributed by atoms with Gasteiger partial charge < -0.3 is 30.2 Å². The summed E-state index contributed by atoms with van der Waals surface area (Å²) in [4.78, 5) is 52.3. The second-order valence-corrected chi connectivity index (χ2v) is 8.92. The van der Waals surface area contributed by atoms with Gasteiger partial charge in [0.1, 0.15) is 18.1 Å². The van der Waals surface area contributed by atoms with E-state index in [9.17, 15) is 24.3 Å². The predicted molar refractivity (Wildman–Crippen MR) is 132 cm³/mol. The van der Waals surface area contributed by atoms with Crippen molar-refractivity contribution in [1.29, 1.82) is 0 Å². The second-order valence-electron chi connectivity index (χ2n) is 8.92. The molecule has 1 fully saturated rings. The number of benzene rings is 2. The van der Waals surface area contributed by atoms with Crippen molar-refractivity contribution < 1.29 is 34.1 Å². The van der Waals surface area contributed by atoms with E-state index in [-0.39, 0.29) is 31.2 Å². The van der Waals surface area contributed by atoms with Gasteiger partial charge in [-0.25, -0.2) is 4.98 Å². The normalized spacial score (nSPS) is 13.6. The number of aliphatic carboxylic acids is 1. The number of nitrogens with zero attached hydrogens (tertiary/aromatic N) is 2. The third-order valence-corrected chi connectivity index (χ3v) is 6.10. The molecule has 194 valence electrons. The zero-order valence-electron chi connectivity index (χ0n) is 20.3. The number of phenols is 1. The Morgan fingerprint density at radius 3 is 2.49 bits per heavy atom. The summed E-state index contributed by atoms with van der Waals surface area (Å²) < 4.78 is 6.62. The highest BCUT2D eigenvalue weighted by molar-refractivity contribution is 5.98. The number of hydrogen-bond donors (Lipinski definition) is 4. The number of ether oxygens (including phenoxy) is 1. The number of carboxylic acid groups (broad SMARTS) is 1. The van der Waals surface area contributed by atoms with Gasteiger partial charge in [-0.1, -0.05) is 12.1 Å². The Labute approximate surface area is 212 Å². The van der Waals surface area contributed by atoms with Crippen LogP contribution in [-0.2, 0) is 25.5 Å². The number of methoxy groups -OCH3 is 1. The minimum absolute atomic E-state index is 0.119. The number of esters is 1. The van der Waals surface area contributed by atoms with Crippen molar-refractivity contribution in [2.45, 2.75) is 44.2 Å². The zero-order chi connectivity index (χ0) is 26.5. The van der Waals surface area contributed by atoms with Crippen LogP contribution >= 0.6 is 0 Å². The number of phenolic OH excluding ortho intramolecular Hbond substituents is 1. The highest BCUT2D eigenvalue weighted by Gasteiger charge is 2.32. The number of amides is 2. The number of imidazole rings is 1. The average molecular weight is 509 g/mol. The quantitative estimate of drug-likeness (QED) is 0.287. The van der Waals surface area contributed by atoms with Gasteiger partial charge in [-0.3, -0.25) is 19.2 Å². The van der Waals surface area contributed by atoms with Gasteiger partial charge in [-0.05, 0) is 55.2 Å². The Bertz CT molecular complexity index is 1330. The summed E-state index contributed by atoms with van der Waals surface area (Å²) in [5.74, 6) is -1.77. The maximum absolute atomic E-state index is 12.6. The second kappa shape index (κ2) is 11.1. The number of rotatable bonds is 11. The van der Waals surface area contributed by atoms with Crippen molar-refractivity contribution in [3.8, 4) is 5.75 Å². The molecule has 3 aromatic rings. The molecule has 0 bridgehead atoms. The molecule has 4 rings (SSSR count). The van der Waals surface area contributed by atoms with Gasteiger partial charge in [0.25, 0.3) is 5.91 Å². The molecule has 0 radical (unpaired) electrons. The molecule has 1 saturated carbocycles. The molecule has 4 N–H and O–H groups in total. The summed E-state index contributed by atoms with van der Waals surface area (Å²) >= 11 is 0. The van der Waals surface area contributed by atoms with Crippen LogP contribution < -0.4 is 10.6 Å². The van der Waals surface area contributed by atoms with E-state index < -0.39 is 29.8 Å². The van der Waals surface area contributed by atoms with E-state index in [0.717, 1.165) is 23.9 Å². The molecule has 0 spiro atoms. The van der Waals surface area contributed by atoms with Gasteiger partial charge in [0, 0.05) is 18.0 Å². The van der Waals surface area contributed by atoms with Crippen molar-refractivity contribution in [3.63, 3.8) is 0 Å². The molecule has 11 nitrogen and oxygen atoms in total. The third kappa shape index (κ3) is 6.43. The summed E-state index contributed by atoms with van der Waals surface area (Å²) in [5.41, 5.74) is 2.53. The zero-order valence-corrected chi connectivity index (χ0v) is 20.3. The van der Waals surface area contributed by atoms with Crippen LogP contribution in [0.2, 0.25) is 0 Å². The monoisotopic (exact) mass is 508 g/mol. The molecule has 2 amide bonds. The minimum atomic E-state index is -1.06. The van der Waals surface area contributed by atoms with Crippen molar-refractivity contribution in [3.05, 3.63) is 59.4 Å². The number of aromatic hydroxyl groups is 1. The van der Waals surface area contributed by atoms with E-state index in [1.807, 2.05) is 0 Å². The van der Waals surface area contributed by atoms with Crippen molar-refractivity contribution in [2.75, 3.05) is 13.7 Å². The molecular formula is C26H28N4O7. The number of aromatic nitrogens is 2. The van der Waals surface area contributed by atoms with Gasteiger partial charge in [0.15, 0.2) is 0 Å². The summed E-state index contributed by atoms with van der Waals surface area (Å²) in [5, 5.41) is 24.1. The lowest BCUT2D eigenvalue weighted by atomic mass is 10.0. The topological polar surface area (TPSA) is 160 Å². The number of nitrogens with one attached hydrogen (secondary N) is 2. The van der Waals surface area contributed by atoms with Crippen LogP contribution in [0.4, 0.5) is 0 Å². The molecule has 1 unspecified atom stereocenters. The van der Waals surface area contributed by atoms with E-state index in [2.05, 4.69) is 19.9 Å². The molecule has 11 heteroatoms. The molecule has 2 aromatic carbocycles. The lowest BCUT2D eigenvalue weighted by Gasteiger charge is -2.20. The summed E-state index contributed by atoms with van der Waals surface area (Å²) in [6.45, 7) is -0.258. The summed E-state index contributed by atoms with van der Waals surface area (Å²) in [6, 6.07) is 11.3. The fourth-order valence-electron chi connectivity index (χ4n) is 4.11. The number of carbonyl (C=O) groups excluding carboxylic acids is 3. The highest BCUT2D eigenvalue weighted by atomic mass is 16.5. The largest absolute Gasteiger partial charge is 0.508 e. The first-order chi connectivity index (χ1) is 17.7. The van der Waals surface area contributed by atoms with Crippen LogP contribution in [0.25, 0.3) is 11.0 Å². The van der Waals surface area contributed by atoms with Gasteiger partial charge >= 0.3 is 11.9 Å². The molecule has 1 aromatic heterocycles. The molecular weight excluding hydrogens is 480 g/mol. The van der Waals surface area contributed by atoms with E-state index in [0.29, 0.717) is 23.3 Å².